The Morgan fingerprint density at radius 3 is 2.10 bits per heavy atom. The van der Waals surface area contributed by atoms with E-state index in [-0.39, 0.29) is 42.3 Å². The lowest BCUT2D eigenvalue weighted by Crippen LogP contribution is -2.47. The number of nitrogens with one attached hydrogen (secondary N) is 1. The van der Waals surface area contributed by atoms with E-state index in [1.165, 1.54) is 37.3 Å². The number of hydrogen-bond acceptors (Lipinski definition) is 8. The van der Waals surface area contributed by atoms with E-state index >= 15 is 0 Å². The number of rotatable bonds is 13. The van der Waals surface area contributed by atoms with Gasteiger partial charge in [-0.15, -0.1) is 0 Å². The first-order valence-corrected chi connectivity index (χ1v) is 11.8. The lowest BCUT2D eigenvalue weighted by atomic mass is 10.1. The minimum atomic E-state index is -1.70. The van der Waals surface area contributed by atoms with E-state index in [1.807, 2.05) is 0 Å². The molecule has 12 nitrogen and oxygen atoms in total. The summed E-state index contributed by atoms with van der Waals surface area (Å²) in [6.07, 6.45) is 0.269. The van der Waals surface area contributed by atoms with Gasteiger partial charge in [0.2, 0.25) is 5.91 Å². The third-order valence-corrected chi connectivity index (χ3v) is 5.40. The second-order valence-electron chi connectivity index (χ2n) is 8.28. The van der Waals surface area contributed by atoms with E-state index < -0.39 is 42.2 Å². The van der Waals surface area contributed by atoms with Crippen LogP contribution in [0.25, 0.3) is 6.08 Å². The quantitative estimate of drug-likeness (QED) is 0.0963. The molecular weight excluding hydrogens is 510 g/mol. The van der Waals surface area contributed by atoms with E-state index in [1.54, 1.807) is 31.2 Å². The number of benzene rings is 2. The monoisotopic (exact) mass is 539 g/mol. The highest BCUT2D eigenvalue weighted by Gasteiger charge is 2.32. The number of ether oxygens (including phenoxy) is 2. The van der Waals surface area contributed by atoms with Crippen LogP contribution in [0.3, 0.4) is 0 Å². The minimum absolute atomic E-state index is 0.0800. The van der Waals surface area contributed by atoms with E-state index in [0.717, 1.165) is 4.90 Å². The summed E-state index contributed by atoms with van der Waals surface area (Å²) in [5.41, 5.74) is 6.68. The van der Waals surface area contributed by atoms with Gasteiger partial charge >= 0.3 is 23.9 Å². The highest BCUT2D eigenvalue weighted by Crippen LogP contribution is 2.17. The molecule has 1 amide bonds. The zero-order chi connectivity index (χ0) is 29.1. The number of amides is 1. The molecule has 0 fully saturated rings. The lowest BCUT2D eigenvalue weighted by molar-refractivity contribution is -0.154. The fourth-order valence-corrected chi connectivity index (χ4v) is 3.46. The summed E-state index contributed by atoms with van der Waals surface area (Å²) in [5.74, 6) is -4.88. The van der Waals surface area contributed by atoms with Gasteiger partial charge in [-0.25, -0.2) is 9.59 Å². The van der Waals surface area contributed by atoms with Crippen molar-refractivity contribution in [1.29, 1.82) is 5.41 Å². The number of aliphatic carboxylic acids is 2. The van der Waals surface area contributed by atoms with Crippen LogP contribution in [-0.2, 0) is 23.9 Å². The summed E-state index contributed by atoms with van der Waals surface area (Å²) in [6.45, 7) is 2.76. The third kappa shape index (κ3) is 9.11. The molecule has 0 heterocycles. The Morgan fingerprint density at radius 2 is 1.59 bits per heavy atom. The van der Waals surface area contributed by atoms with Crippen molar-refractivity contribution in [2.45, 2.75) is 32.7 Å². The van der Waals surface area contributed by atoms with Crippen molar-refractivity contribution < 1.29 is 43.7 Å². The maximum Gasteiger partial charge on any atom is 0.343 e. The predicted molar refractivity (Wildman–Crippen MR) is 139 cm³/mol. The fraction of sp³-hybridized carbons (Fsp3) is 0.259. The second kappa shape index (κ2) is 14.1. The van der Waals surface area contributed by atoms with E-state index in [9.17, 15) is 29.1 Å². The Kier molecular flexibility index (Phi) is 10.9. The molecule has 2 aromatic rings. The SMILES string of the molecule is CCOC(=O)CCN(C(=O)C(C)=Cc1ccc(C(=O)Oc2ccc(C(=N)N)cc2)cc1)[C@@H](CC(=O)O)C(=O)O. The van der Waals surface area contributed by atoms with Crippen LogP contribution in [0.15, 0.2) is 54.1 Å². The number of hydrogen-bond donors (Lipinski definition) is 4. The van der Waals surface area contributed by atoms with E-state index in [2.05, 4.69) is 0 Å². The van der Waals surface area contributed by atoms with Gasteiger partial charge in [-0.1, -0.05) is 12.1 Å². The first kappa shape index (κ1) is 30.2. The number of nitrogens with zero attached hydrogens (tertiary/aromatic N) is 1. The third-order valence-electron chi connectivity index (χ3n) is 5.40. The summed E-state index contributed by atoms with van der Waals surface area (Å²) in [7, 11) is 0. The van der Waals surface area contributed by atoms with Crippen LogP contribution in [0, 0.1) is 5.41 Å². The van der Waals surface area contributed by atoms with E-state index in [0.29, 0.717) is 11.1 Å². The summed E-state index contributed by atoms with van der Waals surface area (Å²) in [6, 6.07) is 10.4. The molecule has 5 N–H and O–H groups in total. The zero-order valence-electron chi connectivity index (χ0n) is 21.4. The van der Waals surface area contributed by atoms with Crippen molar-refractivity contribution in [3.8, 4) is 5.75 Å². The fourth-order valence-electron chi connectivity index (χ4n) is 3.46. The number of carboxylic acids is 2. The van der Waals surface area contributed by atoms with E-state index in [4.69, 9.17) is 25.7 Å². The van der Waals surface area contributed by atoms with Crippen LogP contribution in [0.5, 0.6) is 5.75 Å². The molecule has 0 aliphatic rings. The van der Waals surface area contributed by atoms with Crippen molar-refractivity contribution in [3.63, 3.8) is 0 Å². The first-order chi connectivity index (χ1) is 18.4. The molecular formula is C27H29N3O9. The molecule has 0 unspecified atom stereocenters. The molecule has 2 rings (SSSR count). The molecule has 0 aliphatic carbocycles. The van der Waals surface area contributed by atoms with Gasteiger partial charge in [0, 0.05) is 17.7 Å². The molecule has 0 radical (unpaired) electrons. The number of esters is 2. The van der Waals surface area contributed by atoms with Crippen molar-refractivity contribution in [3.05, 3.63) is 70.8 Å². The number of carbonyl (C=O) groups is 5. The number of carbonyl (C=O) groups excluding carboxylic acids is 3. The summed E-state index contributed by atoms with van der Waals surface area (Å²) in [4.78, 5) is 61.2. The average molecular weight is 540 g/mol. The van der Waals surface area contributed by atoms with Gasteiger partial charge in [0.25, 0.3) is 0 Å². The van der Waals surface area contributed by atoms with Crippen molar-refractivity contribution >= 4 is 41.7 Å². The largest absolute Gasteiger partial charge is 0.481 e. The Hall–Kier alpha value is -5.00. The molecule has 0 aromatic heterocycles. The van der Waals surface area contributed by atoms with Crippen LogP contribution in [-0.4, -0.2) is 69.9 Å². The minimum Gasteiger partial charge on any atom is -0.481 e. The molecule has 206 valence electrons. The van der Waals surface area contributed by atoms with Gasteiger partial charge in [-0.3, -0.25) is 19.8 Å². The summed E-state index contributed by atoms with van der Waals surface area (Å²) >= 11 is 0. The first-order valence-electron chi connectivity index (χ1n) is 11.8. The average Bonchev–Trinajstić information content (AvgIpc) is 2.88. The van der Waals surface area contributed by atoms with Crippen LogP contribution < -0.4 is 10.5 Å². The van der Waals surface area contributed by atoms with Crippen LogP contribution in [0.1, 0.15) is 48.2 Å². The molecule has 0 saturated heterocycles. The molecule has 0 saturated carbocycles. The molecule has 2 aromatic carbocycles. The normalized spacial score (nSPS) is 11.7. The highest BCUT2D eigenvalue weighted by molar-refractivity contribution is 6.00. The Balaban J connectivity index is 2.20. The Bertz CT molecular complexity index is 1270. The maximum absolute atomic E-state index is 13.1. The van der Waals surface area contributed by atoms with Crippen molar-refractivity contribution in [2.24, 2.45) is 5.73 Å². The summed E-state index contributed by atoms with van der Waals surface area (Å²) in [5, 5.41) is 26.1. The van der Waals surface area contributed by atoms with Gasteiger partial charge in [-0.05, 0) is 61.9 Å². The van der Waals surface area contributed by atoms with Gasteiger partial charge in [-0.2, -0.15) is 0 Å². The molecule has 12 heteroatoms. The lowest BCUT2D eigenvalue weighted by Gasteiger charge is -2.28. The van der Waals surface area contributed by atoms with Gasteiger partial charge in [0.15, 0.2) is 0 Å². The highest BCUT2D eigenvalue weighted by atomic mass is 16.5. The second-order valence-corrected chi connectivity index (χ2v) is 8.28. The summed E-state index contributed by atoms with van der Waals surface area (Å²) < 4.78 is 10.1. The van der Waals surface area contributed by atoms with Crippen LogP contribution >= 0.6 is 0 Å². The van der Waals surface area contributed by atoms with Crippen LogP contribution in [0.2, 0.25) is 0 Å². The molecule has 1 atom stereocenters. The van der Waals surface area contributed by atoms with Gasteiger partial charge < -0.3 is 30.3 Å². The Labute approximate surface area is 224 Å². The molecule has 39 heavy (non-hydrogen) atoms. The maximum atomic E-state index is 13.1. The number of nitrogen functional groups attached to an aromatic ring is 1. The Morgan fingerprint density at radius 1 is 1.00 bits per heavy atom. The van der Waals surface area contributed by atoms with Crippen molar-refractivity contribution in [2.75, 3.05) is 13.2 Å². The standard InChI is InChI=1S/C27H29N3O9/c1-3-38-23(33)12-13-30(21(26(35)36)15-22(31)32)25(34)16(2)14-17-4-6-19(7-5-17)27(37)39-20-10-8-18(9-11-20)24(28)29/h4-11,14,21H,3,12-13,15H2,1-2H3,(H3,28,29)(H,31,32)(H,35,36)/t21-/m0/s1. The topological polar surface area (TPSA) is 197 Å². The number of amidine groups is 1. The predicted octanol–water partition coefficient (Wildman–Crippen LogP) is 2.30. The van der Waals surface area contributed by atoms with Crippen molar-refractivity contribution in [1.82, 2.24) is 4.90 Å². The molecule has 0 spiro atoms. The molecule has 0 bridgehead atoms. The smallest absolute Gasteiger partial charge is 0.343 e. The molecule has 0 aliphatic heterocycles. The zero-order valence-corrected chi connectivity index (χ0v) is 21.4. The number of carboxylic acid groups (broad SMARTS) is 2. The van der Waals surface area contributed by atoms with Gasteiger partial charge in [0.05, 0.1) is 25.0 Å². The van der Waals surface area contributed by atoms with Gasteiger partial charge in [0.1, 0.15) is 17.6 Å². The van der Waals surface area contributed by atoms with Crippen LogP contribution in [0.4, 0.5) is 0 Å². The number of nitrogens with two attached hydrogens (primary N) is 1.